The van der Waals surface area contributed by atoms with Gasteiger partial charge in [-0.25, -0.2) is 0 Å². The molecule has 3 unspecified atom stereocenters. The van der Waals surface area contributed by atoms with Crippen LogP contribution in [0.1, 0.15) is 32.3 Å². The van der Waals surface area contributed by atoms with Gasteiger partial charge in [-0.15, -0.1) is 0 Å². The van der Waals surface area contributed by atoms with E-state index in [0.29, 0.717) is 18.0 Å². The van der Waals surface area contributed by atoms with Crippen molar-refractivity contribution in [3.05, 3.63) is 23.8 Å². The zero-order valence-electron chi connectivity index (χ0n) is 13.6. The third-order valence-corrected chi connectivity index (χ3v) is 4.05. The predicted molar refractivity (Wildman–Crippen MR) is 87.1 cm³/mol. The Labute approximate surface area is 132 Å². The molecule has 1 aliphatic rings. The van der Waals surface area contributed by atoms with Crippen molar-refractivity contribution in [3.63, 3.8) is 0 Å². The molecule has 1 aromatic carbocycles. The summed E-state index contributed by atoms with van der Waals surface area (Å²) >= 11 is 0. The second-order valence-corrected chi connectivity index (χ2v) is 6.08. The number of ether oxygens (including phenoxy) is 2. The molecule has 1 fully saturated rings. The number of nitrogens with one attached hydrogen (secondary N) is 1. The van der Waals surface area contributed by atoms with Gasteiger partial charge in [0.1, 0.15) is 12.4 Å². The molecule has 5 nitrogen and oxygen atoms in total. The third kappa shape index (κ3) is 4.45. The summed E-state index contributed by atoms with van der Waals surface area (Å²) in [6, 6.07) is 5.56. The second kappa shape index (κ2) is 7.61. The first-order valence-corrected chi connectivity index (χ1v) is 7.89. The molecule has 1 amide bonds. The Hall–Kier alpha value is -1.59. The van der Waals surface area contributed by atoms with Gasteiger partial charge in [-0.1, -0.05) is 13.0 Å². The van der Waals surface area contributed by atoms with E-state index in [1.165, 1.54) is 0 Å². The number of rotatable bonds is 6. The van der Waals surface area contributed by atoms with E-state index >= 15 is 0 Å². The van der Waals surface area contributed by atoms with E-state index in [2.05, 4.69) is 5.32 Å². The summed E-state index contributed by atoms with van der Waals surface area (Å²) in [6.07, 6.45) is 2.25. The van der Waals surface area contributed by atoms with Gasteiger partial charge < -0.3 is 20.5 Å². The van der Waals surface area contributed by atoms with E-state index in [-0.39, 0.29) is 24.0 Å². The summed E-state index contributed by atoms with van der Waals surface area (Å²) in [4.78, 5) is 12.2. The first kappa shape index (κ1) is 16.8. The Balaban J connectivity index is 2.04. The van der Waals surface area contributed by atoms with E-state index in [9.17, 15) is 4.79 Å². The van der Waals surface area contributed by atoms with Crippen LogP contribution in [-0.4, -0.2) is 31.3 Å². The highest BCUT2D eigenvalue weighted by molar-refractivity contribution is 5.94. The van der Waals surface area contributed by atoms with Crippen LogP contribution >= 0.6 is 0 Å². The highest BCUT2D eigenvalue weighted by Crippen LogP contribution is 2.27. The molecule has 0 aromatic heterocycles. The van der Waals surface area contributed by atoms with Crippen LogP contribution < -0.4 is 15.8 Å². The van der Waals surface area contributed by atoms with Crippen molar-refractivity contribution >= 4 is 11.6 Å². The van der Waals surface area contributed by atoms with Gasteiger partial charge in [0.15, 0.2) is 0 Å². The fourth-order valence-electron chi connectivity index (χ4n) is 2.30. The van der Waals surface area contributed by atoms with Gasteiger partial charge in [0, 0.05) is 12.6 Å². The standard InChI is InChI=1S/C17H26N2O3/c1-11-6-7-15(19-17(20)12(2)13(3)18)16(9-11)22-10-14-5-4-8-21-14/h6-7,9,12-14H,4-5,8,10,18H2,1-3H3,(H,19,20). The summed E-state index contributed by atoms with van der Waals surface area (Å²) in [7, 11) is 0. The van der Waals surface area contributed by atoms with Crippen LogP contribution in [-0.2, 0) is 9.53 Å². The normalized spacial score (nSPS) is 20.5. The minimum Gasteiger partial charge on any atom is -0.489 e. The maximum absolute atomic E-state index is 12.2. The molecule has 3 N–H and O–H groups in total. The molecule has 2 rings (SSSR count). The molecule has 5 heteroatoms. The van der Waals surface area contributed by atoms with Gasteiger partial charge >= 0.3 is 0 Å². The highest BCUT2D eigenvalue weighted by Gasteiger charge is 2.20. The van der Waals surface area contributed by atoms with Gasteiger partial charge in [-0.2, -0.15) is 0 Å². The fraction of sp³-hybridized carbons (Fsp3) is 0.588. The first-order chi connectivity index (χ1) is 10.5. The molecule has 0 saturated carbocycles. The molecule has 0 aliphatic carbocycles. The minimum atomic E-state index is -0.257. The zero-order valence-corrected chi connectivity index (χ0v) is 13.6. The molecule has 3 atom stereocenters. The highest BCUT2D eigenvalue weighted by atomic mass is 16.5. The Morgan fingerprint density at radius 3 is 2.91 bits per heavy atom. The van der Waals surface area contributed by atoms with Crippen molar-refractivity contribution in [2.24, 2.45) is 11.7 Å². The van der Waals surface area contributed by atoms with E-state index in [4.69, 9.17) is 15.2 Å². The average Bonchev–Trinajstić information content (AvgIpc) is 2.99. The van der Waals surface area contributed by atoms with E-state index in [1.54, 1.807) is 0 Å². The molecule has 1 heterocycles. The van der Waals surface area contributed by atoms with Gasteiger partial charge in [0.25, 0.3) is 0 Å². The molecule has 0 bridgehead atoms. The smallest absolute Gasteiger partial charge is 0.228 e. The molecular weight excluding hydrogens is 280 g/mol. The Morgan fingerprint density at radius 1 is 1.50 bits per heavy atom. The van der Waals surface area contributed by atoms with E-state index < -0.39 is 0 Å². The molecule has 22 heavy (non-hydrogen) atoms. The lowest BCUT2D eigenvalue weighted by Crippen LogP contribution is -2.34. The fourth-order valence-corrected chi connectivity index (χ4v) is 2.30. The van der Waals surface area contributed by atoms with Crippen molar-refractivity contribution in [1.82, 2.24) is 0 Å². The van der Waals surface area contributed by atoms with Crippen LogP contribution in [0.4, 0.5) is 5.69 Å². The lowest BCUT2D eigenvalue weighted by Gasteiger charge is -2.19. The van der Waals surface area contributed by atoms with Crippen LogP contribution in [0.15, 0.2) is 18.2 Å². The molecule has 122 valence electrons. The van der Waals surface area contributed by atoms with E-state index in [1.807, 2.05) is 39.0 Å². The summed E-state index contributed by atoms with van der Waals surface area (Å²) in [6.45, 7) is 6.96. The lowest BCUT2D eigenvalue weighted by molar-refractivity contribution is -0.119. The van der Waals surface area contributed by atoms with Crippen molar-refractivity contribution in [2.75, 3.05) is 18.5 Å². The number of carbonyl (C=O) groups is 1. The summed E-state index contributed by atoms with van der Waals surface area (Å²) in [5, 5.41) is 2.91. The summed E-state index contributed by atoms with van der Waals surface area (Å²) in [5.74, 6) is 0.328. The number of carbonyl (C=O) groups excluding carboxylic acids is 1. The quantitative estimate of drug-likeness (QED) is 0.847. The largest absolute Gasteiger partial charge is 0.489 e. The molecule has 1 aliphatic heterocycles. The van der Waals surface area contributed by atoms with Crippen LogP contribution in [0.5, 0.6) is 5.75 Å². The van der Waals surface area contributed by atoms with Crippen molar-refractivity contribution < 1.29 is 14.3 Å². The SMILES string of the molecule is Cc1ccc(NC(=O)C(C)C(C)N)c(OCC2CCCO2)c1. The Bertz CT molecular complexity index is 511. The van der Waals surface area contributed by atoms with Crippen LogP contribution in [0.25, 0.3) is 0 Å². The third-order valence-electron chi connectivity index (χ3n) is 4.05. The topological polar surface area (TPSA) is 73.6 Å². The Morgan fingerprint density at radius 2 is 2.27 bits per heavy atom. The number of anilines is 1. The molecule has 0 radical (unpaired) electrons. The molecule has 1 aromatic rings. The predicted octanol–water partition coefficient (Wildman–Crippen LogP) is 2.47. The maximum Gasteiger partial charge on any atom is 0.228 e. The zero-order chi connectivity index (χ0) is 16.1. The van der Waals surface area contributed by atoms with Gasteiger partial charge in [-0.3, -0.25) is 4.79 Å². The number of aryl methyl sites for hydroxylation is 1. The van der Waals surface area contributed by atoms with Crippen LogP contribution in [0, 0.1) is 12.8 Å². The van der Waals surface area contributed by atoms with Gasteiger partial charge in [0.2, 0.25) is 5.91 Å². The minimum absolute atomic E-state index is 0.0965. The van der Waals surface area contributed by atoms with Crippen molar-refractivity contribution in [1.29, 1.82) is 0 Å². The summed E-state index contributed by atoms with van der Waals surface area (Å²) in [5.41, 5.74) is 7.55. The molecular formula is C17H26N2O3. The summed E-state index contributed by atoms with van der Waals surface area (Å²) < 4.78 is 11.4. The average molecular weight is 306 g/mol. The number of hydrogen-bond acceptors (Lipinski definition) is 4. The van der Waals surface area contributed by atoms with Crippen molar-refractivity contribution in [2.45, 2.75) is 45.8 Å². The second-order valence-electron chi connectivity index (χ2n) is 6.08. The van der Waals surface area contributed by atoms with Crippen LogP contribution in [0.2, 0.25) is 0 Å². The number of benzene rings is 1. The number of amides is 1. The number of nitrogens with two attached hydrogens (primary N) is 1. The van der Waals surface area contributed by atoms with E-state index in [0.717, 1.165) is 25.0 Å². The molecule has 1 saturated heterocycles. The lowest BCUT2D eigenvalue weighted by atomic mass is 10.0. The first-order valence-electron chi connectivity index (χ1n) is 7.89. The Kier molecular flexibility index (Phi) is 5.80. The maximum atomic E-state index is 12.2. The molecule has 0 spiro atoms. The number of hydrogen-bond donors (Lipinski definition) is 2. The van der Waals surface area contributed by atoms with Gasteiger partial charge in [-0.05, 0) is 44.4 Å². The van der Waals surface area contributed by atoms with Crippen LogP contribution in [0.3, 0.4) is 0 Å². The van der Waals surface area contributed by atoms with Crippen molar-refractivity contribution in [3.8, 4) is 5.75 Å². The monoisotopic (exact) mass is 306 g/mol. The van der Waals surface area contributed by atoms with Gasteiger partial charge in [0.05, 0.1) is 17.7 Å².